The summed E-state index contributed by atoms with van der Waals surface area (Å²) in [6.07, 6.45) is 1.95. The van der Waals surface area contributed by atoms with Gasteiger partial charge in [-0.3, -0.25) is 5.43 Å². The molecule has 0 fully saturated rings. The first kappa shape index (κ1) is 29.8. The van der Waals surface area contributed by atoms with Gasteiger partial charge in [-0.15, -0.1) is 0 Å². The fraction of sp³-hybridized carbons (Fsp3) is 0.321. The number of methoxy groups -OCH3 is 2. The zero-order valence-electron chi connectivity index (χ0n) is 22.9. The summed E-state index contributed by atoms with van der Waals surface area (Å²) in [6, 6.07) is 9.13. The molecular formula is C28H34N4O8. The Morgan fingerprint density at radius 2 is 1.98 bits per heavy atom. The van der Waals surface area contributed by atoms with Crippen molar-refractivity contribution >= 4 is 18.2 Å². The number of nitrogens with zero attached hydrogens (tertiary/aromatic N) is 1. The van der Waals surface area contributed by atoms with E-state index in [1.165, 1.54) is 20.4 Å². The third kappa shape index (κ3) is 7.44. The molecule has 0 saturated carbocycles. The number of rotatable bonds is 14. The van der Waals surface area contributed by atoms with E-state index < -0.39 is 24.3 Å². The van der Waals surface area contributed by atoms with Crippen LogP contribution in [0.3, 0.4) is 0 Å². The third-order valence-electron chi connectivity index (χ3n) is 5.67. The lowest BCUT2D eigenvalue weighted by Gasteiger charge is -2.28. The Hall–Kier alpha value is -4.71. The second-order valence-corrected chi connectivity index (χ2v) is 8.39. The summed E-state index contributed by atoms with van der Waals surface area (Å²) in [6.45, 7) is 7.54. The van der Waals surface area contributed by atoms with Gasteiger partial charge >= 0.3 is 12.0 Å². The number of allylic oxidation sites excluding steroid dienone is 1. The summed E-state index contributed by atoms with van der Waals surface area (Å²) < 4.78 is 27.4. The van der Waals surface area contributed by atoms with Crippen molar-refractivity contribution in [2.45, 2.75) is 26.1 Å². The molecule has 12 heteroatoms. The van der Waals surface area contributed by atoms with Crippen molar-refractivity contribution in [1.29, 1.82) is 0 Å². The molecule has 40 heavy (non-hydrogen) atoms. The average molecular weight is 555 g/mol. The van der Waals surface area contributed by atoms with Gasteiger partial charge in [0.1, 0.15) is 13.2 Å². The maximum absolute atomic E-state index is 12.4. The molecule has 1 heterocycles. The first-order valence-corrected chi connectivity index (χ1v) is 12.5. The van der Waals surface area contributed by atoms with Gasteiger partial charge in [-0.1, -0.05) is 24.8 Å². The van der Waals surface area contributed by atoms with E-state index >= 15 is 0 Å². The molecule has 214 valence electrons. The van der Waals surface area contributed by atoms with Crippen LogP contribution in [0.4, 0.5) is 4.79 Å². The third-order valence-corrected chi connectivity index (χ3v) is 5.67. The SMILES string of the molecule is C=CCOc1c(/C=N/N[C@H](O)COc2ccc([C@@H]3NC(=O)NC(C)=C3C(=O)OC)cc2OCC)cccc1OC. The van der Waals surface area contributed by atoms with E-state index in [-0.39, 0.29) is 18.8 Å². The topological polar surface area (TPSA) is 149 Å². The quantitative estimate of drug-likeness (QED) is 0.0909. The largest absolute Gasteiger partial charge is 0.493 e. The summed E-state index contributed by atoms with van der Waals surface area (Å²) in [5.41, 5.74) is 4.48. The minimum absolute atomic E-state index is 0.162. The van der Waals surface area contributed by atoms with Gasteiger partial charge in [0.05, 0.1) is 38.7 Å². The standard InChI is InChI=1S/C28H34N4O8/c1-6-13-39-26-19(9-8-10-21(26)36-4)15-29-32-23(33)16-40-20-12-11-18(14-22(20)38-7-2)25-24(27(34)37-5)17(3)30-28(35)31-25/h6,8-12,14-15,23,25,32-33H,1,7,13,16H2,2-5H3,(H2,30,31,35)/b29-15+/t23-,25+/m1/s1. The van der Waals surface area contributed by atoms with Gasteiger partial charge in [0, 0.05) is 11.3 Å². The van der Waals surface area contributed by atoms with Crippen molar-refractivity contribution in [3.05, 3.63) is 71.5 Å². The Morgan fingerprint density at radius 1 is 1.18 bits per heavy atom. The van der Waals surface area contributed by atoms with Gasteiger partial charge in [-0.2, -0.15) is 5.10 Å². The zero-order chi connectivity index (χ0) is 29.1. The van der Waals surface area contributed by atoms with Crippen LogP contribution in [0, 0.1) is 0 Å². The van der Waals surface area contributed by atoms with Crippen molar-refractivity contribution in [3.63, 3.8) is 0 Å². The number of carbonyl (C=O) groups excluding carboxylic acids is 2. The Bertz CT molecular complexity index is 1280. The highest BCUT2D eigenvalue weighted by Gasteiger charge is 2.32. The number of aliphatic hydroxyl groups is 1. The highest BCUT2D eigenvalue weighted by molar-refractivity contribution is 5.95. The number of hydrogen-bond acceptors (Lipinski definition) is 10. The maximum atomic E-state index is 12.4. The summed E-state index contributed by atoms with van der Waals surface area (Å²) in [4.78, 5) is 24.5. The molecule has 0 unspecified atom stereocenters. The van der Waals surface area contributed by atoms with Crippen LogP contribution in [0.5, 0.6) is 23.0 Å². The van der Waals surface area contributed by atoms with Crippen LogP contribution >= 0.6 is 0 Å². The van der Waals surface area contributed by atoms with Gasteiger partial charge in [0.2, 0.25) is 0 Å². The molecule has 12 nitrogen and oxygen atoms in total. The fourth-order valence-electron chi connectivity index (χ4n) is 3.91. The van der Waals surface area contributed by atoms with E-state index in [9.17, 15) is 14.7 Å². The summed E-state index contributed by atoms with van der Waals surface area (Å²) in [5, 5.41) is 19.8. The molecular weight excluding hydrogens is 520 g/mol. The summed E-state index contributed by atoms with van der Waals surface area (Å²) in [7, 11) is 2.81. The van der Waals surface area contributed by atoms with Crippen molar-refractivity contribution in [2.24, 2.45) is 5.10 Å². The molecule has 2 aromatic carbocycles. The molecule has 1 aliphatic heterocycles. The number of esters is 1. The maximum Gasteiger partial charge on any atom is 0.337 e. The number of carbonyl (C=O) groups is 2. The molecule has 0 aliphatic carbocycles. The van der Waals surface area contributed by atoms with E-state index in [1.807, 2.05) is 6.92 Å². The number of para-hydroxylation sites is 1. The van der Waals surface area contributed by atoms with E-state index in [0.717, 1.165) is 0 Å². The average Bonchev–Trinajstić information content (AvgIpc) is 2.95. The van der Waals surface area contributed by atoms with Crippen LogP contribution < -0.4 is 35.0 Å². The second-order valence-electron chi connectivity index (χ2n) is 8.39. The molecule has 0 bridgehead atoms. The number of benzene rings is 2. The number of ether oxygens (including phenoxy) is 5. The highest BCUT2D eigenvalue weighted by atomic mass is 16.5. The van der Waals surface area contributed by atoms with Crippen LogP contribution in [0.25, 0.3) is 0 Å². The van der Waals surface area contributed by atoms with Gasteiger partial charge in [-0.25, -0.2) is 9.59 Å². The van der Waals surface area contributed by atoms with Crippen LogP contribution in [0.1, 0.15) is 31.0 Å². The van der Waals surface area contributed by atoms with E-state index in [4.69, 9.17) is 23.7 Å². The van der Waals surface area contributed by atoms with Crippen LogP contribution in [-0.2, 0) is 9.53 Å². The number of aliphatic hydroxyl groups excluding tert-OH is 1. The molecule has 0 spiro atoms. The minimum atomic E-state index is -1.16. The molecule has 1 aliphatic rings. The fourth-order valence-corrected chi connectivity index (χ4v) is 3.91. The summed E-state index contributed by atoms with van der Waals surface area (Å²) in [5.74, 6) is 1.17. The normalized spacial score (nSPS) is 15.5. The Kier molecular flexibility index (Phi) is 10.8. The second kappa shape index (κ2) is 14.4. The predicted molar refractivity (Wildman–Crippen MR) is 148 cm³/mol. The molecule has 0 radical (unpaired) electrons. The Balaban J connectivity index is 1.71. The van der Waals surface area contributed by atoms with E-state index in [2.05, 4.69) is 27.7 Å². The molecule has 3 rings (SSSR count). The molecule has 2 amide bonds. The van der Waals surface area contributed by atoms with Crippen LogP contribution in [0.2, 0.25) is 0 Å². The predicted octanol–water partition coefficient (Wildman–Crippen LogP) is 2.78. The van der Waals surface area contributed by atoms with Gasteiger partial charge in [0.15, 0.2) is 29.2 Å². The lowest BCUT2D eigenvalue weighted by molar-refractivity contribution is -0.136. The summed E-state index contributed by atoms with van der Waals surface area (Å²) >= 11 is 0. The zero-order valence-corrected chi connectivity index (χ0v) is 22.9. The monoisotopic (exact) mass is 554 g/mol. The lowest BCUT2D eigenvalue weighted by Crippen LogP contribution is -2.45. The first-order chi connectivity index (χ1) is 19.3. The highest BCUT2D eigenvalue weighted by Crippen LogP contribution is 2.35. The van der Waals surface area contributed by atoms with Crippen LogP contribution in [0.15, 0.2) is 65.4 Å². The number of nitrogens with one attached hydrogen (secondary N) is 3. The molecule has 0 aromatic heterocycles. The van der Waals surface area contributed by atoms with E-state index in [0.29, 0.717) is 46.4 Å². The van der Waals surface area contributed by atoms with Crippen molar-refractivity contribution in [1.82, 2.24) is 16.1 Å². The lowest BCUT2D eigenvalue weighted by atomic mass is 9.95. The van der Waals surface area contributed by atoms with Crippen molar-refractivity contribution in [3.8, 4) is 23.0 Å². The number of urea groups is 1. The van der Waals surface area contributed by atoms with Crippen molar-refractivity contribution in [2.75, 3.05) is 34.0 Å². The molecule has 2 aromatic rings. The van der Waals surface area contributed by atoms with Crippen molar-refractivity contribution < 1.29 is 38.4 Å². The number of hydrogen-bond donors (Lipinski definition) is 4. The van der Waals surface area contributed by atoms with Crippen LogP contribution in [-0.4, -0.2) is 63.6 Å². The Morgan fingerprint density at radius 3 is 2.67 bits per heavy atom. The van der Waals surface area contributed by atoms with Gasteiger partial charge in [0.25, 0.3) is 0 Å². The smallest absolute Gasteiger partial charge is 0.337 e. The minimum Gasteiger partial charge on any atom is -0.493 e. The Labute approximate surface area is 232 Å². The number of hydrazone groups is 1. The molecule has 4 N–H and O–H groups in total. The van der Waals surface area contributed by atoms with Gasteiger partial charge in [-0.05, 0) is 43.7 Å². The van der Waals surface area contributed by atoms with E-state index in [1.54, 1.807) is 49.4 Å². The number of amides is 2. The molecule has 0 saturated heterocycles. The first-order valence-electron chi connectivity index (χ1n) is 12.5. The van der Waals surface area contributed by atoms with Gasteiger partial charge < -0.3 is 39.4 Å². The molecule has 2 atom stereocenters.